The van der Waals surface area contributed by atoms with E-state index in [1.54, 1.807) is 24.4 Å². The van der Waals surface area contributed by atoms with E-state index >= 15 is 0 Å². The Morgan fingerprint density at radius 1 is 1.03 bits per heavy atom. The first-order valence-corrected chi connectivity index (χ1v) is 10.7. The normalized spacial score (nSPS) is 12.1. The topological polar surface area (TPSA) is 76.5 Å². The van der Waals surface area contributed by atoms with Crippen molar-refractivity contribution in [3.8, 4) is 17.0 Å². The molecule has 1 aromatic heterocycles. The molecule has 0 unspecified atom stereocenters. The van der Waals surface area contributed by atoms with E-state index in [1.807, 2.05) is 48.5 Å². The van der Waals surface area contributed by atoms with Crippen molar-refractivity contribution in [2.75, 3.05) is 12.4 Å². The third kappa shape index (κ3) is 4.08. The number of aromatic nitrogens is 2. The number of carbonyl (C=O) groups excluding carboxylic acids is 1. The highest BCUT2D eigenvalue weighted by atomic mass is 35.5. The van der Waals surface area contributed by atoms with Gasteiger partial charge in [-0.3, -0.25) is 9.79 Å². The summed E-state index contributed by atoms with van der Waals surface area (Å²) in [6.45, 7) is 0.452. The first-order chi connectivity index (χ1) is 16.2. The summed E-state index contributed by atoms with van der Waals surface area (Å²) >= 11 is 6.36. The zero-order valence-corrected chi connectivity index (χ0v) is 18.5. The van der Waals surface area contributed by atoms with Crippen LogP contribution in [-0.4, -0.2) is 29.1 Å². The van der Waals surface area contributed by atoms with Gasteiger partial charge >= 0.3 is 0 Å². The van der Waals surface area contributed by atoms with Gasteiger partial charge in [0.05, 0.1) is 30.6 Å². The summed E-state index contributed by atoms with van der Waals surface area (Å²) in [6.07, 6.45) is 2.55. The van der Waals surface area contributed by atoms with Gasteiger partial charge in [0.2, 0.25) is 5.95 Å². The highest BCUT2D eigenvalue weighted by Crippen LogP contribution is 2.34. The Balaban J connectivity index is 1.57. The molecule has 0 saturated heterocycles. The zero-order chi connectivity index (χ0) is 22.8. The van der Waals surface area contributed by atoms with Gasteiger partial charge in [-0.25, -0.2) is 9.97 Å². The number of rotatable bonds is 5. The second kappa shape index (κ2) is 8.84. The SMILES string of the molecule is COc1cc(Nc2ncc3c(n2)-c2ccc(Cl)cc2C(c2ccccc2)=NC3)ccc1C=O. The van der Waals surface area contributed by atoms with Gasteiger partial charge in [-0.05, 0) is 24.3 Å². The lowest BCUT2D eigenvalue weighted by Gasteiger charge is -2.13. The average molecular weight is 455 g/mol. The monoisotopic (exact) mass is 454 g/mol. The van der Waals surface area contributed by atoms with Crippen LogP contribution in [0.2, 0.25) is 5.02 Å². The number of benzene rings is 3. The predicted octanol–water partition coefficient (Wildman–Crippen LogP) is 5.71. The van der Waals surface area contributed by atoms with Crippen LogP contribution in [0.3, 0.4) is 0 Å². The molecule has 0 amide bonds. The Bertz CT molecular complexity index is 1390. The third-order valence-electron chi connectivity index (χ3n) is 5.43. The van der Waals surface area contributed by atoms with Gasteiger partial charge in [-0.2, -0.15) is 0 Å². The van der Waals surface area contributed by atoms with E-state index in [-0.39, 0.29) is 0 Å². The molecular weight excluding hydrogens is 436 g/mol. The number of carbonyl (C=O) groups is 1. The molecule has 2 heterocycles. The number of aliphatic imine (C=N–C) groups is 1. The number of anilines is 2. The molecule has 1 N–H and O–H groups in total. The Hall–Kier alpha value is -4.03. The Morgan fingerprint density at radius 3 is 2.67 bits per heavy atom. The molecule has 0 bridgehead atoms. The molecule has 5 rings (SSSR count). The fourth-order valence-electron chi connectivity index (χ4n) is 3.84. The number of methoxy groups -OCH3 is 1. The van der Waals surface area contributed by atoms with E-state index in [4.69, 9.17) is 26.3 Å². The number of halogens is 1. The fraction of sp³-hybridized carbons (Fsp3) is 0.0769. The van der Waals surface area contributed by atoms with Gasteiger partial charge < -0.3 is 10.1 Å². The molecule has 4 aromatic rings. The zero-order valence-electron chi connectivity index (χ0n) is 17.7. The lowest BCUT2D eigenvalue weighted by Crippen LogP contribution is -2.05. The molecular formula is C26H19ClN4O2. The van der Waals surface area contributed by atoms with Crippen molar-refractivity contribution in [1.82, 2.24) is 9.97 Å². The molecule has 3 aromatic carbocycles. The first kappa shape index (κ1) is 20.8. The quantitative estimate of drug-likeness (QED) is 0.391. The molecule has 33 heavy (non-hydrogen) atoms. The van der Waals surface area contributed by atoms with E-state index in [0.717, 1.165) is 39.9 Å². The minimum atomic E-state index is 0.429. The van der Waals surface area contributed by atoms with Gasteiger partial charge in [0.1, 0.15) is 5.75 Å². The molecule has 0 spiro atoms. The number of hydrogen-bond donors (Lipinski definition) is 1. The summed E-state index contributed by atoms with van der Waals surface area (Å²) in [5.74, 6) is 0.907. The van der Waals surface area contributed by atoms with Crippen LogP contribution in [0.4, 0.5) is 11.6 Å². The lowest BCUT2D eigenvalue weighted by atomic mass is 9.95. The average Bonchev–Trinajstić information content (AvgIpc) is 3.00. The van der Waals surface area contributed by atoms with E-state index in [1.165, 1.54) is 7.11 Å². The molecule has 1 aliphatic heterocycles. The predicted molar refractivity (Wildman–Crippen MR) is 130 cm³/mol. The van der Waals surface area contributed by atoms with E-state index in [2.05, 4.69) is 10.3 Å². The Morgan fingerprint density at radius 2 is 1.88 bits per heavy atom. The van der Waals surface area contributed by atoms with E-state index in [0.29, 0.717) is 34.5 Å². The van der Waals surface area contributed by atoms with Crippen LogP contribution in [0.15, 0.2) is 77.9 Å². The minimum Gasteiger partial charge on any atom is -0.496 e. The Labute approximate surface area is 196 Å². The molecule has 7 heteroatoms. The summed E-state index contributed by atoms with van der Waals surface area (Å²) in [5, 5.41) is 3.84. The van der Waals surface area contributed by atoms with E-state index in [9.17, 15) is 4.79 Å². The number of hydrogen-bond acceptors (Lipinski definition) is 6. The van der Waals surface area contributed by atoms with Crippen LogP contribution in [0.1, 0.15) is 27.0 Å². The Kier molecular flexibility index (Phi) is 5.59. The van der Waals surface area contributed by atoms with Gasteiger partial charge in [-0.1, -0.05) is 48.0 Å². The summed E-state index contributed by atoms with van der Waals surface area (Å²) < 4.78 is 5.29. The maximum Gasteiger partial charge on any atom is 0.227 e. The molecule has 0 fully saturated rings. The number of aldehydes is 1. The molecule has 6 nitrogen and oxygen atoms in total. The second-order valence-corrected chi connectivity index (χ2v) is 7.92. The highest BCUT2D eigenvalue weighted by molar-refractivity contribution is 6.31. The number of ether oxygens (including phenoxy) is 1. The smallest absolute Gasteiger partial charge is 0.227 e. The van der Waals surface area contributed by atoms with Gasteiger partial charge in [0.25, 0.3) is 0 Å². The lowest BCUT2D eigenvalue weighted by molar-refractivity contribution is 0.112. The van der Waals surface area contributed by atoms with Crippen molar-refractivity contribution in [3.05, 3.63) is 100 Å². The molecule has 1 aliphatic rings. The molecule has 0 radical (unpaired) electrons. The molecule has 0 aliphatic carbocycles. The second-order valence-electron chi connectivity index (χ2n) is 7.49. The summed E-state index contributed by atoms with van der Waals surface area (Å²) in [7, 11) is 1.53. The third-order valence-corrected chi connectivity index (χ3v) is 5.66. The molecule has 0 atom stereocenters. The van der Waals surface area contributed by atoms with Gasteiger partial charge in [0.15, 0.2) is 6.29 Å². The maximum atomic E-state index is 11.2. The number of fused-ring (bicyclic) bond motifs is 3. The van der Waals surface area contributed by atoms with Crippen LogP contribution >= 0.6 is 11.6 Å². The van der Waals surface area contributed by atoms with Crippen LogP contribution in [-0.2, 0) is 6.54 Å². The van der Waals surface area contributed by atoms with Gasteiger partial charge in [0, 0.05) is 45.2 Å². The van der Waals surface area contributed by atoms with Crippen molar-refractivity contribution in [1.29, 1.82) is 0 Å². The first-order valence-electron chi connectivity index (χ1n) is 10.3. The number of nitrogens with zero attached hydrogens (tertiary/aromatic N) is 3. The van der Waals surface area contributed by atoms with Crippen LogP contribution in [0.25, 0.3) is 11.3 Å². The van der Waals surface area contributed by atoms with Crippen molar-refractivity contribution < 1.29 is 9.53 Å². The fourth-order valence-corrected chi connectivity index (χ4v) is 4.01. The molecule has 162 valence electrons. The maximum absolute atomic E-state index is 11.2. The highest BCUT2D eigenvalue weighted by Gasteiger charge is 2.21. The van der Waals surface area contributed by atoms with Crippen molar-refractivity contribution >= 4 is 35.2 Å². The summed E-state index contributed by atoms with van der Waals surface area (Å²) in [4.78, 5) is 25.4. The number of nitrogens with one attached hydrogen (secondary N) is 1. The van der Waals surface area contributed by atoms with Crippen LogP contribution in [0, 0.1) is 0 Å². The summed E-state index contributed by atoms with van der Waals surface area (Å²) in [5.41, 5.74) is 6.65. The van der Waals surface area contributed by atoms with Gasteiger partial charge in [-0.15, -0.1) is 0 Å². The van der Waals surface area contributed by atoms with Crippen molar-refractivity contribution in [2.24, 2.45) is 4.99 Å². The van der Waals surface area contributed by atoms with Crippen molar-refractivity contribution in [3.63, 3.8) is 0 Å². The van der Waals surface area contributed by atoms with E-state index < -0.39 is 0 Å². The van der Waals surface area contributed by atoms with Crippen LogP contribution < -0.4 is 10.1 Å². The minimum absolute atomic E-state index is 0.429. The largest absolute Gasteiger partial charge is 0.496 e. The molecule has 0 saturated carbocycles. The van der Waals surface area contributed by atoms with Crippen molar-refractivity contribution in [2.45, 2.75) is 6.54 Å². The summed E-state index contributed by atoms with van der Waals surface area (Å²) in [6, 6.07) is 21.0. The standard InChI is InChI=1S/C26H19ClN4O2/c1-33-23-12-20(9-7-17(23)15-32)30-26-29-14-18-13-28-24(16-5-3-2-4-6-16)22-11-19(27)8-10-21(22)25(18)31-26/h2-12,14-15H,13H2,1H3,(H,29,30,31). The van der Waals surface area contributed by atoms with Crippen LogP contribution in [0.5, 0.6) is 5.75 Å².